The van der Waals surface area contributed by atoms with E-state index in [1.54, 1.807) is 24.4 Å². The first-order valence-electron chi connectivity index (χ1n) is 13.9. The van der Waals surface area contributed by atoms with Crippen molar-refractivity contribution in [1.82, 2.24) is 19.9 Å². The van der Waals surface area contributed by atoms with E-state index < -0.39 is 5.97 Å². The molecule has 0 bridgehead atoms. The van der Waals surface area contributed by atoms with Crippen LogP contribution in [-0.4, -0.2) is 44.1 Å². The van der Waals surface area contributed by atoms with Gasteiger partial charge in [0.05, 0.1) is 50.7 Å². The number of hydrogen-bond donors (Lipinski definition) is 1. The van der Waals surface area contributed by atoms with Gasteiger partial charge in [0.1, 0.15) is 0 Å². The molecule has 234 valence electrons. The molecule has 1 N–H and O–H groups in total. The van der Waals surface area contributed by atoms with E-state index in [-0.39, 0.29) is 19.0 Å². The number of pyridine rings is 4. The lowest BCUT2D eigenvalue weighted by atomic mass is 10.0. The van der Waals surface area contributed by atoms with E-state index in [1.807, 2.05) is 62.4 Å². The van der Waals surface area contributed by atoms with Gasteiger partial charge in [0.25, 0.3) is 0 Å². The summed E-state index contributed by atoms with van der Waals surface area (Å²) in [6, 6.07) is 22.2. The summed E-state index contributed by atoms with van der Waals surface area (Å²) in [5.74, 6) is -1.31. The summed E-state index contributed by atoms with van der Waals surface area (Å²) in [5.41, 5.74) is 7.79. The molecule has 0 unspecified atom stereocenters. The van der Waals surface area contributed by atoms with Crippen molar-refractivity contribution < 1.29 is 19.4 Å². The first kappa shape index (κ1) is 34.0. The number of halogens is 2. The van der Waals surface area contributed by atoms with Crippen LogP contribution in [0.25, 0.3) is 21.8 Å². The Kier molecular flexibility index (Phi) is 11.0. The number of rotatable bonds is 6. The summed E-state index contributed by atoms with van der Waals surface area (Å²) in [5, 5.41) is 12.3. The fraction of sp³-hybridized carbons (Fsp3) is 0.167. The monoisotopic (exact) mass is 654 g/mol. The molecule has 4 aromatic heterocycles. The highest BCUT2D eigenvalue weighted by molar-refractivity contribution is 6.32. The number of aromatic nitrogens is 4. The number of esters is 1. The number of carboxylic acid groups (broad SMARTS) is 1. The second-order valence-corrected chi connectivity index (χ2v) is 11.2. The van der Waals surface area contributed by atoms with Crippen molar-refractivity contribution in [2.75, 3.05) is 7.11 Å². The van der Waals surface area contributed by atoms with E-state index in [9.17, 15) is 9.59 Å². The van der Waals surface area contributed by atoms with Crippen molar-refractivity contribution in [3.05, 3.63) is 140 Å². The van der Waals surface area contributed by atoms with Gasteiger partial charge in [-0.25, -0.2) is 9.59 Å². The molecule has 8 nitrogen and oxygen atoms in total. The van der Waals surface area contributed by atoms with Gasteiger partial charge >= 0.3 is 11.9 Å². The minimum Gasteiger partial charge on any atom is -0.478 e. The number of ether oxygens (including phenoxy) is 1. The van der Waals surface area contributed by atoms with Crippen LogP contribution in [0.15, 0.2) is 85.2 Å². The van der Waals surface area contributed by atoms with Gasteiger partial charge in [-0.05, 0) is 85.6 Å². The van der Waals surface area contributed by atoms with Crippen molar-refractivity contribution in [2.24, 2.45) is 0 Å². The van der Waals surface area contributed by atoms with Crippen molar-refractivity contribution in [2.45, 2.75) is 34.1 Å². The third-order valence-electron chi connectivity index (χ3n) is 7.09. The molecule has 6 aromatic rings. The quantitative estimate of drug-likeness (QED) is 0.178. The second kappa shape index (κ2) is 14.9. The minimum absolute atomic E-state index is 0. The van der Waals surface area contributed by atoms with Crippen LogP contribution in [-0.2, 0) is 17.6 Å². The summed E-state index contributed by atoms with van der Waals surface area (Å²) < 4.78 is 4.73. The largest absolute Gasteiger partial charge is 0.478 e. The molecular formula is C36H32Cl2N4O4. The van der Waals surface area contributed by atoms with Gasteiger partial charge in [-0.3, -0.25) is 19.9 Å². The Labute approximate surface area is 277 Å². The Hall–Kier alpha value is -4.92. The van der Waals surface area contributed by atoms with Crippen LogP contribution in [0.4, 0.5) is 0 Å². The lowest BCUT2D eigenvalue weighted by Crippen LogP contribution is -2.03. The summed E-state index contributed by atoms with van der Waals surface area (Å²) in [6.45, 7) is 3.76. The van der Waals surface area contributed by atoms with E-state index in [1.165, 1.54) is 19.4 Å². The topological polar surface area (TPSA) is 115 Å². The first-order valence-corrected chi connectivity index (χ1v) is 14.7. The maximum absolute atomic E-state index is 11.6. The van der Waals surface area contributed by atoms with Gasteiger partial charge in [-0.1, -0.05) is 42.8 Å². The van der Waals surface area contributed by atoms with Crippen LogP contribution in [0.1, 0.15) is 62.0 Å². The zero-order valence-electron chi connectivity index (χ0n) is 24.7. The average molecular weight is 656 g/mol. The average Bonchev–Trinajstić information content (AvgIpc) is 3.02. The Balaban J connectivity index is 0.000000205. The molecule has 0 spiro atoms. The van der Waals surface area contributed by atoms with Crippen molar-refractivity contribution >= 4 is 56.9 Å². The molecule has 0 fully saturated rings. The number of methoxy groups -OCH3 is 1. The first-order chi connectivity index (χ1) is 21.6. The van der Waals surface area contributed by atoms with E-state index in [4.69, 9.17) is 33.0 Å². The molecule has 0 aliphatic rings. The Morgan fingerprint density at radius 1 is 0.696 bits per heavy atom. The molecule has 46 heavy (non-hydrogen) atoms. The van der Waals surface area contributed by atoms with Gasteiger partial charge in [0, 0.05) is 47.4 Å². The number of carbonyl (C=O) groups is 2. The van der Waals surface area contributed by atoms with Crippen molar-refractivity contribution in [3.63, 3.8) is 0 Å². The molecule has 0 saturated carbocycles. The molecule has 10 heteroatoms. The highest BCUT2D eigenvalue weighted by Crippen LogP contribution is 2.24. The molecule has 0 radical (unpaired) electrons. The maximum Gasteiger partial charge on any atom is 0.337 e. The Morgan fingerprint density at radius 2 is 1.15 bits per heavy atom. The van der Waals surface area contributed by atoms with Gasteiger partial charge in [-0.2, -0.15) is 0 Å². The van der Waals surface area contributed by atoms with Crippen LogP contribution in [0.3, 0.4) is 0 Å². The lowest BCUT2D eigenvalue weighted by molar-refractivity contribution is 0.0599. The summed E-state index contributed by atoms with van der Waals surface area (Å²) in [7, 11) is 1.37. The van der Waals surface area contributed by atoms with Gasteiger partial charge < -0.3 is 9.84 Å². The molecule has 0 atom stereocenters. The molecular weight excluding hydrogens is 623 g/mol. The lowest BCUT2D eigenvalue weighted by Gasteiger charge is -2.06. The number of aryl methyl sites for hydroxylation is 2. The fourth-order valence-corrected chi connectivity index (χ4v) is 5.08. The Bertz CT molecular complexity index is 2070. The van der Waals surface area contributed by atoms with E-state index in [0.717, 1.165) is 50.0 Å². The standard InChI is InChI=1S/C18H15ClN2O2.C17H13ClN2O2.CH4/c1-11-16(19)10-14-7-12(3-4-17(14)21-11)8-15-9-13(5-6-20-15)18(22)23-2;1-10-15(18)9-13-6-11(2-3-16(13)20-10)7-14-8-12(17(21)22)4-5-19-14;/h3-7,9-10H,8H2,1-2H3;2-6,8-9H,7H2,1H3,(H,21,22);1H4. The SMILES string of the molecule is C.COC(=O)c1ccnc(Cc2ccc3nc(C)c(Cl)cc3c2)c1.Cc1nc2ccc(Cc3cc(C(=O)O)ccn3)cc2cc1Cl. The van der Waals surface area contributed by atoms with Gasteiger partial charge in [-0.15, -0.1) is 0 Å². The molecule has 4 heterocycles. The highest BCUT2D eigenvalue weighted by Gasteiger charge is 2.09. The van der Waals surface area contributed by atoms with Crippen molar-refractivity contribution in [3.8, 4) is 0 Å². The predicted molar refractivity (Wildman–Crippen MR) is 182 cm³/mol. The number of fused-ring (bicyclic) bond motifs is 2. The molecule has 2 aromatic carbocycles. The Morgan fingerprint density at radius 3 is 1.61 bits per heavy atom. The van der Waals surface area contributed by atoms with Crippen LogP contribution >= 0.6 is 23.2 Å². The summed E-state index contributed by atoms with van der Waals surface area (Å²) in [4.78, 5) is 40.0. The maximum atomic E-state index is 11.6. The normalized spacial score (nSPS) is 10.5. The molecule has 0 amide bonds. The number of benzene rings is 2. The molecule has 6 rings (SSSR count). The summed E-state index contributed by atoms with van der Waals surface area (Å²) >= 11 is 12.3. The molecule has 0 aliphatic carbocycles. The fourth-order valence-electron chi connectivity index (χ4n) is 4.76. The molecule has 0 aliphatic heterocycles. The number of nitrogens with zero attached hydrogens (tertiary/aromatic N) is 4. The van der Waals surface area contributed by atoms with Crippen molar-refractivity contribution in [1.29, 1.82) is 0 Å². The van der Waals surface area contributed by atoms with Gasteiger partial charge in [0.15, 0.2) is 0 Å². The predicted octanol–water partition coefficient (Wildman–Crippen LogP) is 8.49. The second-order valence-electron chi connectivity index (χ2n) is 10.4. The van der Waals surface area contributed by atoms with Crippen LogP contribution in [0, 0.1) is 13.8 Å². The van der Waals surface area contributed by atoms with Gasteiger partial charge in [0.2, 0.25) is 0 Å². The highest BCUT2D eigenvalue weighted by atomic mass is 35.5. The van der Waals surface area contributed by atoms with E-state index >= 15 is 0 Å². The third kappa shape index (κ3) is 8.21. The van der Waals surface area contributed by atoms with E-state index in [0.29, 0.717) is 34.1 Å². The smallest absolute Gasteiger partial charge is 0.337 e. The zero-order chi connectivity index (χ0) is 32.1. The number of carbonyl (C=O) groups excluding carboxylic acids is 1. The van der Waals surface area contributed by atoms with Crippen LogP contribution < -0.4 is 0 Å². The number of carboxylic acids is 1. The minimum atomic E-state index is -0.950. The van der Waals surface area contributed by atoms with Crippen LogP contribution in [0.5, 0.6) is 0 Å². The number of aromatic carboxylic acids is 1. The summed E-state index contributed by atoms with van der Waals surface area (Å²) in [6.07, 6.45) is 4.31. The molecule has 0 saturated heterocycles. The zero-order valence-corrected chi connectivity index (χ0v) is 26.2. The van der Waals surface area contributed by atoms with E-state index in [2.05, 4.69) is 19.9 Å². The third-order valence-corrected chi connectivity index (χ3v) is 7.85. The number of hydrogen-bond acceptors (Lipinski definition) is 7. The van der Waals surface area contributed by atoms with Crippen LogP contribution in [0.2, 0.25) is 10.0 Å².